The van der Waals surface area contributed by atoms with E-state index < -0.39 is 0 Å². The molecule has 20 heavy (non-hydrogen) atoms. The molecular weight excluding hydrogens is 252 g/mol. The zero-order valence-corrected chi connectivity index (χ0v) is 12.7. The van der Waals surface area contributed by atoms with Crippen LogP contribution in [0.5, 0.6) is 5.75 Å². The summed E-state index contributed by atoms with van der Waals surface area (Å²) in [6, 6.07) is 5.71. The number of hydrogen-bond donors (Lipinski definition) is 2. The lowest BCUT2D eigenvalue weighted by Crippen LogP contribution is -2.42. The maximum absolute atomic E-state index is 12.7. The monoisotopic (exact) mass is 276 g/mol. The molecule has 0 spiro atoms. The molecule has 1 atom stereocenters. The number of ether oxygens (including phenoxy) is 1. The number of methoxy groups -OCH3 is 1. The summed E-state index contributed by atoms with van der Waals surface area (Å²) in [6.45, 7) is 7.88. The van der Waals surface area contributed by atoms with E-state index in [0.29, 0.717) is 5.92 Å². The lowest BCUT2D eigenvalue weighted by Gasteiger charge is -2.31. The van der Waals surface area contributed by atoms with Gasteiger partial charge in [0.15, 0.2) is 0 Å². The smallest absolute Gasteiger partial charge is 0.232 e. The van der Waals surface area contributed by atoms with Gasteiger partial charge in [-0.3, -0.25) is 4.79 Å². The number of carbonyl (C=O) groups excluding carboxylic acids is 1. The van der Waals surface area contributed by atoms with Crippen molar-refractivity contribution in [1.82, 2.24) is 5.32 Å². The average Bonchev–Trinajstić information content (AvgIpc) is 2.91. The molecule has 1 aliphatic heterocycles. The molecule has 0 bridgehead atoms. The molecule has 1 amide bonds. The van der Waals surface area contributed by atoms with Gasteiger partial charge in [0.1, 0.15) is 5.75 Å². The maximum atomic E-state index is 12.7. The second-order valence-electron chi connectivity index (χ2n) is 5.87. The zero-order valence-electron chi connectivity index (χ0n) is 12.7. The van der Waals surface area contributed by atoms with Gasteiger partial charge in [-0.25, -0.2) is 0 Å². The van der Waals surface area contributed by atoms with Crippen molar-refractivity contribution < 1.29 is 9.53 Å². The minimum atomic E-state index is -0.299. The maximum Gasteiger partial charge on any atom is 0.232 e. The van der Waals surface area contributed by atoms with Crippen molar-refractivity contribution in [2.45, 2.75) is 27.2 Å². The average molecular weight is 276 g/mol. The minimum Gasteiger partial charge on any atom is -0.497 e. The first-order valence-corrected chi connectivity index (χ1v) is 7.16. The van der Waals surface area contributed by atoms with Gasteiger partial charge < -0.3 is 15.4 Å². The van der Waals surface area contributed by atoms with Crippen molar-refractivity contribution in [2.75, 3.05) is 25.5 Å². The number of aryl methyl sites for hydroxylation is 1. The third kappa shape index (κ3) is 2.66. The third-order valence-electron chi connectivity index (χ3n) is 4.43. The van der Waals surface area contributed by atoms with Gasteiger partial charge in [-0.05, 0) is 49.6 Å². The number of hydrogen-bond acceptors (Lipinski definition) is 3. The molecule has 1 unspecified atom stereocenters. The fourth-order valence-corrected chi connectivity index (χ4v) is 2.81. The molecule has 1 saturated heterocycles. The van der Waals surface area contributed by atoms with Crippen molar-refractivity contribution in [3.8, 4) is 5.75 Å². The van der Waals surface area contributed by atoms with E-state index in [1.165, 1.54) is 0 Å². The highest BCUT2D eigenvalue weighted by molar-refractivity contribution is 5.96. The van der Waals surface area contributed by atoms with Crippen LogP contribution in [0.1, 0.15) is 25.8 Å². The highest BCUT2D eigenvalue weighted by atomic mass is 16.5. The van der Waals surface area contributed by atoms with Crippen LogP contribution >= 0.6 is 0 Å². The molecule has 2 rings (SSSR count). The van der Waals surface area contributed by atoms with Crippen LogP contribution < -0.4 is 15.4 Å². The summed E-state index contributed by atoms with van der Waals surface area (Å²) in [4.78, 5) is 12.7. The molecule has 1 aliphatic rings. The number of nitrogens with one attached hydrogen (secondary N) is 2. The van der Waals surface area contributed by atoms with E-state index in [2.05, 4.69) is 24.5 Å². The molecule has 1 heterocycles. The van der Waals surface area contributed by atoms with E-state index in [0.717, 1.165) is 36.5 Å². The Morgan fingerprint density at radius 1 is 1.45 bits per heavy atom. The van der Waals surface area contributed by atoms with E-state index in [4.69, 9.17) is 4.74 Å². The molecular formula is C16H24N2O2. The first kappa shape index (κ1) is 14.9. The molecule has 0 aromatic heterocycles. The summed E-state index contributed by atoms with van der Waals surface area (Å²) in [6.07, 6.45) is 0.895. The van der Waals surface area contributed by atoms with Gasteiger partial charge in [0.05, 0.1) is 12.5 Å². The van der Waals surface area contributed by atoms with Gasteiger partial charge in [0, 0.05) is 12.2 Å². The van der Waals surface area contributed by atoms with E-state index in [1.807, 2.05) is 25.1 Å². The summed E-state index contributed by atoms with van der Waals surface area (Å²) in [7, 11) is 1.64. The van der Waals surface area contributed by atoms with Crippen LogP contribution in [0.15, 0.2) is 18.2 Å². The first-order valence-electron chi connectivity index (χ1n) is 7.16. The largest absolute Gasteiger partial charge is 0.497 e. The predicted octanol–water partition coefficient (Wildman–Crippen LogP) is 2.58. The molecule has 0 aliphatic carbocycles. The molecule has 110 valence electrons. The van der Waals surface area contributed by atoms with Crippen LogP contribution in [0, 0.1) is 18.3 Å². The quantitative estimate of drug-likeness (QED) is 0.888. The molecule has 4 nitrogen and oxygen atoms in total. The molecule has 4 heteroatoms. The summed E-state index contributed by atoms with van der Waals surface area (Å²) in [5.41, 5.74) is 1.58. The van der Waals surface area contributed by atoms with Crippen LogP contribution in [0.3, 0.4) is 0 Å². The van der Waals surface area contributed by atoms with Crippen LogP contribution in [-0.2, 0) is 4.79 Å². The molecule has 1 aromatic rings. The molecule has 2 N–H and O–H groups in total. The van der Waals surface area contributed by atoms with E-state index in [9.17, 15) is 4.79 Å². The second kappa shape index (κ2) is 5.83. The number of carbonyl (C=O) groups is 1. The lowest BCUT2D eigenvalue weighted by atomic mass is 9.75. The minimum absolute atomic E-state index is 0.116. The fraction of sp³-hybridized carbons (Fsp3) is 0.562. The fourth-order valence-electron chi connectivity index (χ4n) is 2.81. The van der Waals surface area contributed by atoms with Crippen molar-refractivity contribution in [2.24, 2.45) is 11.3 Å². The predicted molar refractivity (Wildman–Crippen MR) is 81.1 cm³/mol. The highest BCUT2D eigenvalue weighted by Gasteiger charge is 2.43. The lowest BCUT2D eigenvalue weighted by molar-refractivity contribution is -0.126. The van der Waals surface area contributed by atoms with Crippen LogP contribution in [0.2, 0.25) is 0 Å². The third-order valence-corrected chi connectivity index (χ3v) is 4.43. The Bertz CT molecular complexity index is 491. The van der Waals surface area contributed by atoms with Crippen LogP contribution in [0.25, 0.3) is 0 Å². The van der Waals surface area contributed by atoms with Crippen molar-refractivity contribution in [3.63, 3.8) is 0 Å². The van der Waals surface area contributed by atoms with Crippen LogP contribution in [-0.4, -0.2) is 26.1 Å². The number of rotatable bonds is 4. The Labute approximate surface area is 120 Å². The van der Waals surface area contributed by atoms with E-state index >= 15 is 0 Å². The molecule has 0 saturated carbocycles. The molecule has 1 aromatic carbocycles. The van der Waals surface area contributed by atoms with Crippen LogP contribution in [0.4, 0.5) is 5.69 Å². The SMILES string of the molecule is COc1ccc(NC(=O)C2(C(C)C)CCNC2)c(C)c1. The first-order chi connectivity index (χ1) is 9.49. The van der Waals surface area contributed by atoms with Gasteiger partial charge in [0.2, 0.25) is 5.91 Å². The van der Waals surface area contributed by atoms with Crippen molar-refractivity contribution >= 4 is 11.6 Å². The highest BCUT2D eigenvalue weighted by Crippen LogP contribution is 2.36. The van der Waals surface area contributed by atoms with Gasteiger partial charge in [0.25, 0.3) is 0 Å². The Hall–Kier alpha value is -1.55. The van der Waals surface area contributed by atoms with Gasteiger partial charge >= 0.3 is 0 Å². The normalized spacial score (nSPS) is 22.1. The standard InChI is InChI=1S/C16H24N2O2/c1-11(2)16(7-8-17-10-16)15(19)18-14-6-5-13(20-4)9-12(14)3/h5-6,9,11,17H,7-8,10H2,1-4H3,(H,18,19). The molecule has 1 fully saturated rings. The Morgan fingerprint density at radius 2 is 2.20 bits per heavy atom. The number of benzene rings is 1. The number of anilines is 1. The van der Waals surface area contributed by atoms with E-state index in [1.54, 1.807) is 7.11 Å². The van der Waals surface area contributed by atoms with Gasteiger partial charge in [-0.1, -0.05) is 13.8 Å². The zero-order chi connectivity index (χ0) is 14.8. The topological polar surface area (TPSA) is 50.4 Å². The van der Waals surface area contributed by atoms with Gasteiger partial charge in [-0.2, -0.15) is 0 Å². The summed E-state index contributed by atoms with van der Waals surface area (Å²) >= 11 is 0. The van der Waals surface area contributed by atoms with E-state index in [-0.39, 0.29) is 11.3 Å². The summed E-state index contributed by atoms with van der Waals surface area (Å²) < 4.78 is 5.19. The van der Waals surface area contributed by atoms with Crippen molar-refractivity contribution in [1.29, 1.82) is 0 Å². The number of amides is 1. The molecule has 0 radical (unpaired) electrons. The Kier molecular flexibility index (Phi) is 4.33. The van der Waals surface area contributed by atoms with Gasteiger partial charge in [-0.15, -0.1) is 0 Å². The Balaban J connectivity index is 2.18. The second-order valence-corrected chi connectivity index (χ2v) is 5.87. The summed E-state index contributed by atoms with van der Waals surface area (Å²) in [5, 5.41) is 6.40. The Morgan fingerprint density at radius 3 is 2.70 bits per heavy atom. The van der Waals surface area contributed by atoms with Crippen molar-refractivity contribution in [3.05, 3.63) is 23.8 Å². The summed E-state index contributed by atoms with van der Waals surface area (Å²) in [5.74, 6) is 1.24.